The van der Waals surface area contributed by atoms with E-state index in [9.17, 15) is 20.4 Å². The Balaban J connectivity index is 1.86. The lowest BCUT2D eigenvalue weighted by molar-refractivity contribution is 0.299. The van der Waals surface area contributed by atoms with E-state index in [2.05, 4.69) is 13.8 Å². The third-order valence-corrected chi connectivity index (χ3v) is 8.93. The van der Waals surface area contributed by atoms with E-state index in [0.29, 0.717) is 24.0 Å². The van der Waals surface area contributed by atoms with Gasteiger partial charge in [0.05, 0.1) is 5.38 Å². The first kappa shape index (κ1) is 25.3. The monoisotopic (exact) mass is 486 g/mol. The number of hydrogen-bond donors (Lipinski definition) is 4. The van der Waals surface area contributed by atoms with Gasteiger partial charge in [-0.25, -0.2) is 0 Å². The normalized spacial score (nSPS) is 19.2. The van der Waals surface area contributed by atoms with Crippen molar-refractivity contribution in [2.45, 2.75) is 94.3 Å². The minimum atomic E-state index is -0.746. The number of phenolic OH excluding ortho intramolecular Hbond substituents is 2. The third kappa shape index (κ3) is 4.69. The summed E-state index contributed by atoms with van der Waals surface area (Å²) in [4.78, 5) is 0. The summed E-state index contributed by atoms with van der Waals surface area (Å²) in [5, 5.41) is 41.4. The van der Waals surface area contributed by atoms with Crippen LogP contribution in [0, 0.1) is 0 Å². The fourth-order valence-corrected chi connectivity index (χ4v) is 6.64. The van der Waals surface area contributed by atoms with Crippen LogP contribution < -0.4 is 0 Å². The van der Waals surface area contributed by atoms with E-state index in [1.165, 1.54) is 0 Å². The van der Waals surface area contributed by atoms with Crippen molar-refractivity contribution in [1.82, 2.24) is 0 Å². The summed E-state index contributed by atoms with van der Waals surface area (Å²) in [6.45, 7) is 4.44. The molecule has 0 aliphatic heterocycles. The van der Waals surface area contributed by atoms with Gasteiger partial charge in [0.25, 0.3) is 0 Å². The molecule has 2 aliphatic rings. The molecule has 2 saturated carbocycles. The molecular weight excluding hydrogens is 448 g/mol. The summed E-state index contributed by atoms with van der Waals surface area (Å²) < 4.78 is 0. The van der Waals surface area contributed by atoms with Gasteiger partial charge in [0.1, 0.15) is 11.5 Å². The van der Waals surface area contributed by atoms with Crippen molar-refractivity contribution in [3.63, 3.8) is 0 Å². The van der Waals surface area contributed by atoms with Crippen LogP contribution in [0.1, 0.15) is 104 Å². The van der Waals surface area contributed by atoms with Crippen molar-refractivity contribution in [3.05, 3.63) is 57.6 Å². The zero-order chi connectivity index (χ0) is 24.5. The van der Waals surface area contributed by atoms with Crippen LogP contribution in [0.4, 0.5) is 0 Å². The molecule has 0 spiro atoms. The Morgan fingerprint density at radius 3 is 1.38 bits per heavy atom. The van der Waals surface area contributed by atoms with E-state index < -0.39 is 5.38 Å². The zero-order valence-electron chi connectivity index (χ0n) is 20.5. The molecule has 5 heteroatoms. The number of alkyl halides is 1. The SMILES string of the molecule is CC1(c2cc(CCO)cc(C(Cl)c3cc(CCO)cc(C4(C)CCCC4)c3O)c2O)CCCC1. The summed E-state index contributed by atoms with van der Waals surface area (Å²) in [5.74, 6) is 0.401. The third-order valence-electron chi connectivity index (χ3n) is 8.46. The van der Waals surface area contributed by atoms with E-state index in [0.717, 1.165) is 73.6 Å². The van der Waals surface area contributed by atoms with Crippen molar-refractivity contribution in [1.29, 1.82) is 0 Å². The van der Waals surface area contributed by atoms with Gasteiger partial charge < -0.3 is 20.4 Å². The molecule has 0 bridgehead atoms. The molecule has 2 aromatic rings. The Morgan fingerprint density at radius 1 is 0.706 bits per heavy atom. The lowest BCUT2D eigenvalue weighted by atomic mass is 9.77. The summed E-state index contributed by atoms with van der Waals surface area (Å²) in [5.41, 5.74) is 4.59. The maximum Gasteiger partial charge on any atom is 0.124 e. The van der Waals surface area contributed by atoms with Gasteiger partial charge in [0.2, 0.25) is 0 Å². The summed E-state index contributed by atoms with van der Waals surface area (Å²) in [6, 6.07) is 7.80. The number of hydrogen-bond acceptors (Lipinski definition) is 4. The van der Waals surface area contributed by atoms with Gasteiger partial charge in [-0.05, 0) is 60.5 Å². The molecule has 4 nitrogen and oxygen atoms in total. The number of rotatable bonds is 8. The molecule has 4 N–H and O–H groups in total. The van der Waals surface area contributed by atoms with Crippen LogP contribution >= 0.6 is 11.6 Å². The Bertz CT molecular complexity index is 938. The van der Waals surface area contributed by atoms with E-state index in [4.69, 9.17) is 11.6 Å². The number of benzene rings is 2. The van der Waals surface area contributed by atoms with Gasteiger partial charge in [-0.2, -0.15) is 0 Å². The van der Waals surface area contributed by atoms with Crippen LogP contribution in [0.25, 0.3) is 0 Å². The maximum absolute atomic E-state index is 11.5. The van der Waals surface area contributed by atoms with Gasteiger partial charge in [0.15, 0.2) is 0 Å². The van der Waals surface area contributed by atoms with Crippen LogP contribution in [0.2, 0.25) is 0 Å². The Labute approximate surface area is 208 Å². The van der Waals surface area contributed by atoms with E-state index in [1.807, 2.05) is 24.3 Å². The molecule has 4 rings (SSSR count). The van der Waals surface area contributed by atoms with Gasteiger partial charge in [0, 0.05) is 35.5 Å². The largest absolute Gasteiger partial charge is 0.507 e. The van der Waals surface area contributed by atoms with Crippen LogP contribution in [0.15, 0.2) is 24.3 Å². The standard InChI is InChI=1S/C29H39ClO4/c1-28(9-3-4-10-28)23-17-19(7-13-31)15-21(26(23)33)25(30)22-16-20(8-14-32)18-24(27(22)34)29(2)11-5-6-12-29/h15-18,25,31-34H,3-14H2,1-2H3. The molecule has 0 aromatic heterocycles. The Kier molecular flexibility index (Phi) is 7.52. The highest BCUT2D eigenvalue weighted by molar-refractivity contribution is 6.23. The van der Waals surface area contributed by atoms with Crippen molar-refractivity contribution < 1.29 is 20.4 Å². The second-order valence-electron chi connectivity index (χ2n) is 11.0. The highest BCUT2D eigenvalue weighted by Gasteiger charge is 2.37. The summed E-state index contributed by atoms with van der Waals surface area (Å²) in [6.07, 6.45) is 9.53. The number of aromatic hydroxyl groups is 2. The highest BCUT2D eigenvalue weighted by atomic mass is 35.5. The predicted octanol–water partition coefficient (Wildman–Crippen LogP) is 6.16. The Morgan fingerprint density at radius 2 is 1.06 bits per heavy atom. The molecule has 2 aliphatic carbocycles. The smallest absolute Gasteiger partial charge is 0.124 e. The van der Waals surface area contributed by atoms with E-state index in [1.54, 1.807) is 0 Å². The van der Waals surface area contributed by atoms with Crippen LogP contribution in [-0.4, -0.2) is 33.6 Å². The first-order valence-corrected chi connectivity index (χ1v) is 13.2. The summed E-state index contributed by atoms with van der Waals surface area (Å²) >= 11 is 7.09. The molecule has 0 saturated heterocycles. The fraction of sp³-hybridized carbons (Fsp3) is 0.586. The average Bonchev–Trinajstić information content (AvgIpc) is 3.45. The highest BCUT2D eigenvalue weighted by Crippen LogP contribution is 2.51. The number of aliphatic hydroxyl groups excluding tert-OH is 2. The minimum Gasteiger partial charge on any atom is -0.507 e. The topological polar surface area (TPSA) is 80.9 Å². The van der Waals surface area contributed by atoms with Gasteiger partial charge in [-0.3, -0.25) is 0 Å². The molecule has 0 unspecified atom stereocenters. The second-order valence-corrected chi connectivity index (χ2v) is 11.4. The van der Waals surface area contributed by atoms with Crippen molar-refractivity contribution in [2.75, 3.05) is 13.2 Å². The van der Waals surface area contributed by atoms with Gasteiger partial charge >= 0.3 is 0 Å². The zero-order valence-corrected chi connectivity index (χ0v) is 21.3. The lowest BCUT2D eigenvalue weighted by Gasteiger charge is -2.30. The van der Waals surface area contributed by atoms with E-state index >= 15 is 0 Å². The van der Waals surface area contributed by atoms with Gasteiger partial charge in [-0.1, -0.05) is 63.8 Å². The number of aliphatic hydroxyl groups is 2. The van der Waals surface area contributed by atoms with Crippen molar-refractivity contribution >= 4 is 11.6 Å². The average molecular weight is 487 g/mol. The minimum absolute atomic E-state index is 0.0209. The summed E-state index contributed by atoms with van der Waals surface area (Å²) in [7, 11) is 0. The Hall–Kier alpha value is -1.75. The molecule has 2 aromatic carbocycles. The van der Waals surface area contributed by atoms with Crippen LogP contribution in [-0.2, 0) is 23.7 Å². The molecule has 2 fully saturated rings. The quantitative estimate of drug-likeness (QED) is 0.337. The molecule has 0 heterocycles. The van der Waals surface area contributed by atoms with Crippen LogP contribution in [0.3, 0.4) is 0 Å². The molecule has 186 valence electrons. The predicted molar refractivity (Wildman–Crippen MR) is 137 cm³/mol. The van der Waals surface area contributed by atoms with Gasteiger partial charge in [-0.15, -0.1) is 11.6 Å². The molecule has 34 heavy (non-hydrogen) atoms. The second kappa shape index (κ2) is 10.1. The van der Waals surface area contributed by atoms with Crippen molar-refractivity contribution in [2.24, 2.45) is 0 Å². The van der Waals surface area contributed by atoms with Crippen LogP contribution in [0.5, 0.6) is 11.5 Å². The van der Waals surface area contributed by atoms with E-state index in [-0.39, 0.29) is 35.5 Å². The first-order valence-electron chi connectivity index (χ1n) is 12.8. The number of halogens is 1. The molecule has 0 amide bonds. The van der Waals surface area contributed by atoms with Crippen molar-refractivity contribution in [3.8, 4) is 11.5 Å². The maximum atomic E-state index is 11.5. The first-order chi connectivity index (χ1) is 16.2. The lowest BCUT2D eigenvalue weighted by Crippen LogP contribution is -2.19. The molecule has 0 radical (unpaired) electrons. The number of phenols is 2. The molecular formula is C29H39ClO4. The molecule has 0 atom stereocenters. The fourth-order valence-electron chi connectivity index (χ4n) is 6.31.